The van der Waals surface area contributed by atoms with Gasteiger partial charge in [-0.1, -0.05) is 12.1 Å². The van der Waals surface area contributed by atoms with Crippen LogP contribution in [0.2, 0.25) is 0 Å². The maximum atomic E-state index is 11.0. The number of rotatable bonds is 4. The highest BCUT2D eigenvalue weighted by atomic mass is 16.6. The minimum absolute atomic E-state index is 0.0350. The quantitative estimate of drug-likeness (QED) is 0.517. The van der Waals surface area contributed by atoms with Gasteiger partial charge in [0.1, 0.15) is 18.5 Å². The number of aryl methyl sites for hydroxylation is 1. The molecule has 0 N–H and O–H groups in total. The SMILES string of the molecule is Cc1cc(N2CCC(n3cncn3)CC2)nc(-c2cccc([N+](=O)[O-])c2)n1. The van der Waals surface area contributed by atoms with Crippen LogP contribution < -0.4 is 4.90 Å². The van der Waals surface area contributed by atoms with Crippen molar-refractivity contribution in [3.05, 3.63) is 58.8 Å². The van der Waals surface area contributed by atoms with Gasteiger partial charge < -0.3 is 4.90 Å². The van der Waals surface area contributed by atoms with Crippen molar-refractivity contribution in [3.63, 3.8) is 0 Å². The molecule has 9 nitrogen and oxygen atoms in total. The van der Waals surface area contributed by atoms with Crippen LogP contribution in [0.5, 0.6) is 0 Å². The molecule has 0 spiro atoms. The smallest absolute Gasteiger partial charge is 0.270 e. The maximum absolute atomic E-state index is 11.0. The number of nitro benzene ring substituents is 1. The number of piperidine rings is 1. The van der Waals surface area contributed by atoms with Gasteiger partial charge in [-0.25, -0.2) is 19.6 Å². The van der Waals surface area contributed by atoms with Gasteiger partial charge in [-0.3, -0.25) is 10.1 Å². The van der Waals surface area contributed by atoms with E-state index < -0.39 is 4.92 Å². The van der Waals surface area contributed by atoms with Gasteiger partial charge in [-0.05, 0) is 19.8 Å². The summed E-state index contributed by atoms with van der Waals surface area (Å²) in [5.41, 5.74) is 1.51. The summed E-state index contributed by atoms with van der Waals surface area (Å²) in [6.45, 7) is 3.62. The number of benzene rings is 1. The molecule has 1 saturated heterocycles. The molecule has 27 heavy (non-hydrogen) atoms. The molecule has 1 aromatic carbocycles. The maximum Gasteiger partial charge on any atom is 0.270 e. The first-order chi connectivity index (χ1) is 13.1. The third-order valence-corrected chi connectivity index (χ3v) is 4.76. The van der Waals surface area contributed by atoms with E-state index in [0.29, 0.717) is 17.4 Å². The van der Waals surface area contributed by atoms with Gasteiger partial charge in [0.2, 0.25) is 0 Å². The molecule has 9 heteroatoms. The largest absolute Gasteiger partial charge is 0.356 e. The van der Waals surface area contributed by atoms with Gasteiger partial charge in [0.15, 0.2) is 5.82 Å². The predicted octanol–water partition coefficient (Wildman–Crippen LogP) is 2.79. The second-order valence-electron chi connectivity index (χ2n) is 6.59. The van der Waals surface area contributed by atoms with E-state index in [4.69, 9.17) is 0 Å². The van der Waals surface area contributed by atoms with Gasteiger partial charge in [0.05, 0.1) is 11.0 Å². The normalized spacial score (nSPS) is 15.1. The van der Waals surface area contributed by atoms with Gasteiger partial charge in [-0.15, -0.1) is 0 Å². The summed E-state index contributed by atoms with van der Waals surface area (Å²) in [4.78, 5) is 26.0. The summed E-state index contributed by atoms with van der Waals surface area (Å²) >= 11 is 0. The van der Waals surface area contributed by atoms with Crippen LogP contribution >= 0.6 is 0 Å². The van der Waals surface area contributed by atoms with Crippen LogP contribution in [0.15, 0.2) is 43.0 Å². The van der Waals surface area contributed by atoms with Crippen molar-refractivity contribution in [2.45, 2.75) is 25.8 Å². The molecule has 0 radical (unpaired) electrons. The van der Waals surface area contributed by atoms with Crippen LogP contribution in [-0.4, -0.2) is 42.7 Å². The number of hydrogen-bond donors (Lipinski definition) is 0. The summed E-state index contributed by atoms with van der Waals surface area (Å²) in [5, 5.41) is 15.3. The lowest BCUT2D eigenvalue weighted by molar-refractivity contribution is -0.384. The molecule has 0 amide bonds. The lowest BCUT2D eigenvalue weighted by atomic mass is 10.1. The van der Waals surface area contributed by atoms with Crippen LogP contribution in [0.4, 0.5) is 11.5 Å². The topological polar surface area (TPSA) is 103 Å². The van der Waals surface area contributed by atoms with E-state index in [1.807, 2.05) is 17.7 Å². The molecular weight excluding hydrogens is 346 g/mol. The highest BCUT2D eigenvalue weighted by molar-refractivity contribution is 5.61. The summed E-state index contributed by atoms with van der Waals surface area (Å²) in [7, 11) is 0. The van der Waals surface area contributed by atoms with Crippen LogP contribution in [0.1, 0.15) is 24.6 Å². The van der Waals surface area contributed by atoms with Crippen molar-refractivity contribution in [1.82, 2.24) is 24.7 Å². The minimum atomic E-state index is -0.408. The molecular formula is C18H19N7O2. The molecule has 4 rings (SSSR count). The van der Waals surface area contributed by atoms with Gasteiger partial charge in [0.25, 0.3) is 5.69 Å². The molecule has 1 aliphatic rings. The van der Waals surface area contributed by atoms with E-state index in [1.165, 1.54) is 12.1 Å². The number of hydrogen-bond acceptors (Lipinski definition) is 7. The fourth-order valence-electron chi connectivity index (χ4n) is 3.37. The minimum Gasteiger partial charge on any atom is -0.356 e. The molecule has 0 aliphatic carbocycles. The molecule has 0 unspecified atom stereocenters. The van der Waals surface area contributed by atoms with Crippen LogP contribution in [0.3, 0.4) is 0 Å². The first-order valence-electron chi connectivity index (χ1n) is 8.80. The third-order valence-electron chi connectivity index (χ3n) is 4.76. The second kappa shape index (κ2) is 7.10. The van der Waals surface area contributed by atoms with Crippen molar-refractivity contribution in [1.29, 1.82) is 0 Å². The Kier molecular flexibility index (Phi) is 4.49. The number of non-ortho nitro benzene ring substituents is 1. The Balaban J connectivity index is 1.56. The van der Waals surface area contributed by atoms with E-state index in [2.05, 4.69) is 25.0 Å². The van der Waals surface area contributed by atoms with Crippen LogP contribution in [0, 0.1) is 17.0 Å². The average molecular weight is 365 g/mol. The van der Waals surface area contributed by atoms with Crippen molar-refractivity contribution in [2.24, 2.45) is 0 Å². The zero-order chi connectivity index (χ0) is 18.8. The van der Waals surface area contributed by atoms with Crippen molar-refractivity contribution >= 4 is 11.5 Å². The highest BCUT2D eigenvalue weighted by Gasteiger charge is 2.22. The lowest BCUT2D eigenvalue weighted by Gasteiger charge is -2.32. The summed E-state index contributed by atoms with van der Waals surface area (Å²) in [6.07, 6.45) is 5.23. The van der Waals surface area contributed by atoms with Gasteiger partial charge in [-0.2, -0.15) is 5.10 Å². The zero-order valence-corrected chi connectivity index (χ0v) is 14.9. The zero-order valence-electron chi connectivity index (χ0n) is 14.9. The summed E-state index contributed by atoms with van der Waals surface area (Å²) < 4.78 is 1.91. The highest BCUT2D eigenvalue weighted by Crippen LogP contribution is 2.27. The van der Waals surface area contributed by atoms with Crippen LogP contribution in [0.25, 0.3) is 11.4 Å². The summed E-state index contributed by atoms with van der Waals surface area (Å²) in [6, 6.07) is 8.73. The number of anilines is 1. The predicted molar refractivity (Wildman–Crippen MR) is 99.4 cm³/mol. The fourth-order valence-corrected chi connectivity index (χ4v) is 3.37. The van der Waals surface area contributed by atoms with E-state index in [1.54, 1.807) is 24.8 Å². The Morgan fingerprint density at radius 2 is 2.00 bits per heavy atom. The second-order valence-corrected chi connectivity index (χ2v) is 6.59. The van der Waals surface area contributed by atoms with Crippen molar-refractivity contribution < 1.29 is 4.92 Å². The summed E-state index contributed by atoms with van der Waals surface area (Å²) in [5.74, 6) is 1.35. The Morgan fingerprint density at radius 1 is 1.19 bits per heavy atom. The Morgan fingerprint density at radius 3 is 2.70 bits per heavy atom. The van der Waals surface area contributed by atoms with E-state index in [9.17, 15) is 10.1 Å². The van der Waals surface area contributed by atoms with Gasteiger partial charge >= 0.3 is 0 Å². The Bertz CT molecular complexity index is 950. The van der Waals surface area contributed by atoms with Crippen molar-refractivity contribution in [3.8, 4) is 11.4 Å². The number of nitrogens with zero attached hydrogens (tertiary/aromatic N) is 7. The standard InChI is InChI=1S/C18H19N7O2/c1-13-9-17(23-7-5-15(6-8-23)24-12-19-11-20-24)22-18(21-13)14-3-2-4-16(10-14)25(26)27/h2-4,9-12,15H,5-8H2,1H3. The third kappa shape index (κ3) is 3.62. The molecule has 3 aromatic rings. The lowest BCUT2D eigenvalue weighted by Crippen LogP contribution is -2.35. The molecule has 2 aromatic heterocycles. The molecule has 1 fully saturated rings. The molecule has 0 bridgehead atoms. The molecule has 1 aliphatic heterocycles. The van der Waals surface area contributed by atoms with E-state index in [0.717, 1.165) is 37.4 Å². The van der Waals surface area contributed by atoms with Crippen LogP contribution in [-0.2, 0) is 0 Å². The molecule has 138 valence electrons. The number of nitro groups is 1. The first kappa shape index (κ1) is 17.1. The van der Waals surface area contributed by atoms with E-state index in [-0.39, 0.29) is 5.69 Å². The Labute approximate surface area is 155 Å². The van der Waals surface area contributed by atoms with Crippen molar-refractivity contribution in [2.75, 3.05) is 18.0 Å². The number of aromatic nitrogens is 5. The molecule has 0 saturated carbocycles. The molecule has 0 atom stereocenters. The average Bonchev–Trinajstić information content (AvgIpc) is 3.22. The first-order valence-corrected chi connectivity index (χ1v) is 8.80. The monoisotopic (exact) mass is 365 g/mol. The van der Waals surface area contributed by atoms with E-state index >= 15 is 0 Å². The van der Waals surface area contributed by atoms with Gasteiger partial charge in [0, 0.05) is 42.5 Å². The fraction of sp³-hybridized carbons (Fsp3) is 0.333. The Hall–Kier alpha value is -3.36. The molecule has 3 heterocycles.